The Labute approximate surface area is 121 Å². The number of thioether (sulfide) groups is 1. The van der Waals surface area contributed by atoms with Crippen molar-refractivity contribution in [1.29, 1.82) is 0 Å². The number of hydrogen-bond donors (Lipinski definition) is 2. The van der Waals surface area contributed by atoms with E-state index in [2.05, 4.69) is 10.3 Å². The Morgan fingerprint density at radius 1 is 1.40 bits per heavy atom. The fourth-order valence-corrected chi connectivity index (χ4v) is 3.12. The maximum Gasteiger partial charge on any atom is 0.328 e. The Kier molecular flexibility index (Phi) is 5.17. The van der Waals surface area contributed by atoms with Crippen molar-refractivity contribution >= 4 is 29.7 Å². The number of carboxylic acids is 1. The van der Waals surface area contributed by atoms with Crippen molar-refractivity contribution in [3.63, 3.8) is 0 Å². The lowest BCUT2D eigenvalue weighted by Crippen LogP contribution is -2.37. The number of carbonyl (C=O) groups excluding carboxylic acids is 1. The van der Waals surface area contributed by atoms with Crippen LogP contribution < -0.4 is 5.32 Å². The number of aromatic nitrogens is 1. The SMILES string of the molecule is O=C(O)/C=C/c1cnccc1C(=O)NC1CCSCC1. The summed E-state index contributed by atoms with van der Waals surface area (Å²) in [5, 5.41) is 11.7. The second-order valence-electron chi connectivity index (χ2n) is 4.49. The largest absolute Gasteiger partial charge is 0.478 e. The van der Waals surface area contributed by atoms with Gasteiger partial charge in [-0.25, -0.2) is 4.79 Å². The lowest BCUT2D eigenvalue weighted by atomic mass is 10.1. The van der Waals surface area contributed by atoms with E-state index in [1.807, 2.05) is 11.8 Å². The fraction of sp³-hybridized carbons (Fsp3) is 0.357. The van der Waals surface area contributed by atoms with Gasteiger partial charge in [0, 0.05) is 35.6 Å². The average molecular weight is 292 g/mol. The normalized spacial score (nSPS) is 16.2. The number of carboxylic acid groups (broad SMARTS) is 1. The van der Waals surface area contributed by atoms with E-state index in [1.165, 1.54) is 18.5 Å². The summed E-state index contributed by atoms with van der Waals surface area (Å²) in [4.78, 5) is 26.7. The van der Waals surface area contributed by atoms with Crippen LogP contribution >= 0.6 is 11.8 Å². The van der Waals surface area contributed by atoms with Crippen molar-refractivity contribution in [2.45, 2.75) is 18.9 Å². The molecular formula is C14H16N2O3S. The molecule has 20 heavy (non-hydrogen) atoms. The van der Waals surface area contributed by atoms with Crippen molar-refractivity contribution < 1.29 is 14.7 Å². The van der Waals surface area contributed by atoms with Gasteiger partial charge < -0.3 is 10.4 Å². The number of pyridine rings is 1. The predicted molar refractivity (Wildman–Crippen MR) is 78.7 cm³/mol. The van der Waals surface area contributed by atoms with Gasteiger partial charge in [0.25, 0.3) is 5.91 Å². The zero-order valence-electron chi connectivity index (χ0n) is 10.9. The number of nitrogens with zero attached hydrogens (tertiary/aromatic N) is 1. The molecule has 1 amide bonds. The number of nitrogens with one attached hydrogen (secondary N) is 1. The zero-order chi connectivity index (χ0) is 14.4. The second-order valence-corrected chi connectivity index (χ2v) is 5.72. The molecule has 0 aliphatic carbocycles. The highest BCUT2D eigenvalue weighted by atomic mass is 32.2. The Balaban J connectivity index is 2.10. The molecule has 1 aliphatic rings. The predicted octanol–water partition coefficient (Wildman–Crippen LogP) is 1.80. The van der Waals surface area contributed by atoms with Crippen molar-refractivity contribution in [3.8, 4) is 0 Å². The third-order valence-electron chi connectivity index (χ3n) is 3.06. The lowest BCUT2D eigenvalue weighted by Gasteiger charge is -2.22. The van der Waals surface area contributed by atoms with Crippen LogP contribution in [-0.4, -0.2) is 39.5 Å². The molecule has 106 valence electrons. The molecule has 0 radical (unpaired) electrons. The standard InChI is InChI=1S/C14H16N2O3S/c17-13(18)2-1-10-9-15-6-3-12(10)14(19)16-11-4-7-20-8-5-11/h1-3,6,9,11H,4-5,7-8H2,(H,16,19)(H,17,18)/b2-1+. The molecule has 2 rings (SSSR count). The summed E-state index contributed by atoms with van der Waals surface area (Å²) in [6, 6.07) is 1.81. The fourth-order valence-electron chi connectivity index (χ4n) is 2.01. The van der Waals surface area contributed by atoms with E-state index in [0.717, 1.165) is 30.4 Å². The smallest absolute Gasteiger partial charge is 0.328 e. The van der Waals surface area contributed by atoms with Gasteiger partial charge in [0.1, 0.15) is 0 Å². The number of carbonyl (C=O) groups is 2. The molecule has 0 aromatic carbocycles. The van der Waals surface area contributed by atoms with Crippen LogP contribution in [-0.2, 0) is 4.79 Å². The molecule has 0 atom stereocenters. The highest BCUT2D eigenvalue weighted by molar-refractivity contribution is 7.99. The minimum Gasteiger partial charge on any atom is -0.478 e. The van der Waals surface area contributed by atoms with Gasteiger partial charge in [-0.05, 0) is 36.5 Å². The van der Waals surface area contributed by atoms with Crippen LogP contribution in [0, 0.1) is 0 Å². The van der Waals surface area contributed by atoms with Crippen molar-refractivity contribution in [2.75, 3.05) is 11.5 Å². The molecule has 1 fully saturated rings. The third-order valence-corrected chi connectivity index (χ3v) is 4.11. The minimum atomic E-state index is -1.05. The van der Waals surface area contributed by atoms with Crippen LogP contribution in [0.4, 0.5) is 0 Å². The molecule has 1 saturated heterocycles. The first-order chi connectivity index (χ1) is 9.66. The molecule has 0 bridgehead atoms. The molecule has 2 N–H and O–H groups in total. The molecule has 1 aliphatic heterocycles. The maximum absolute atomic E-state index is 12.3. The highest BCUT2D eigenvalue weighted by Crippen LogP contribution is 2.18. The monoisotopic (exact) mass is 292 g/mol. The van der Waals surface area contributed by atoms with E-state index in [1.54, 1.807) is 6.07 Å². The van der Waals surface area contributed by atoms with Gasteiger partial charge in [0.2, 0.25) is 0 Å². The molecule has 5 nitrogen and oxygen atoms in total. The molecule has 0 saturated carbocycles. The van der Waals surface area contributed by atoms with Crippen LogP contribution in [0.1, 0.15) is 28.8 Å². The summed E-state index contributed by atoms with van der Waals surface area (Å²) in [6.45, 7) is 0. The summed E-state index contributed by atoms with van der Waals surface area (Å²) in [5.74, 6) is 0.902. The highest BCUT2D eigenvalue weighted by Gasteiger charge is 2.18. The van der Waals surface area contributed by atoms with Gasteiger partial charge in [0.15, 0.2) is 0 Å². The molecule has 6 heteroatoms. The summed E-state index contributed by atoms with van der Waals surface area (Å²) >= 11 is 1.90. The molecular weight excluding hydrogens is 276 g/mol. The lowest BCUT2D eigenvalue weighted by molar-refractivity contribution is -0.131. The number of hydrogen-bond acceptors (Lipinski definition) is 4. The topological polar surface area (TPSA) is 79.3 Å². The first kappa shape index (κ1) is 14.6. The van der Waals surface area contributed by atoms with Crippen LogP contribution in [0.25, 0.3) is 6.08 Å². The molecule has 1 aromatic rings. The summed E-state index contributed by atoms with van der Waals surface area (Å²) in [5.41, 5.74) is 0.966. The minimum absolute atomic E-state index is 0.172. The van der Waals surface area contributed by atoms with Crippen molar-refractivity contribution in [3.05, 3.63) is 35.7 Å². The molecule has 1 aromatic heterocycles. The quantitative estimate of drug-likeness (QED) is 0.827. The van der Waals surface area contributed by atoms with E-state index in [-0.39, 0.29) is 11.9 Å². The summed E-state index contributed by atoms with van der Waals surface area (Å²) < 4.78 is 0. The molecule has 0 spiro atoms. The summed E-state index contributed by atoms with van der Waals surface area (Å²) in [6.07, 6.45) is 7.37. The number of aliphatic carboxylic acids is 1. The van der Waals surface area contributed by atoms with Gasteiger partial charge >= 0.3 is 5.97 Å². The van der Waals surface area contributed by atoms with E-state index >= 15 is 0 Å². The van der Waals surface area contributed by atoms with Crippen molar-refractivity contribution in [2.24, 2.45) is 0 Å². The Morgan fingerprint density at radius 3 is 2.85 bits per heavy atom. The Bertz CT molecular complexity index is 525. The van der Waals surface area contributed by atoms with Crippen LogP contribution in [0.2, 0.25) is 0 Å². The number of amides is 1. The maximum atomic E-state index is 12.3. The first-order valence-corrected chi connectivity index (χ1v) is 7.56. The zero-order valence-corrected chi connectivity index (χ0v) is 11.7. The Hall–Kier alpha value is -1.82. The van der Waals surface area contributed by atoms with Crippen LogP contribution in [0.15, 0.2) is 24.5 Å². The molecule has 2 heterocycles. The summed E-state index contributed by atoms with van der Waals surface area (Å²) in [7, 11) is 0. The molecule has 0 unspecified atom stereocenters. The van der Waals surface area contributed by atoms with Crippen LogP contribution in [0.3, 0.4) is 0 Å². The van der Waals surface area contributed by atoms with E-state index in [0.29, 0.717) is 11.1 Å². The number of rotatable bonds is 4. The van der Waals surface area contributed by atoms with Gasteiger partial charge in [-0.15, -0.1) is 0 Å². The first-order valence-electron chi connectivity index (χ1n) is 6.40. The van der Waals surface area contributed by atoms with Gasteiger partial charge in [-0.3, -0.25) is 9.78 Å². The van der Waals surface area contributed by atoms with Gasteiger partial charge in [-0.1, -0.05) is 0 Å². The van der Waals surface area contributed by atoms with E-state index in [9.17, 15) is 9.59 Å². The van der Waals surface area contributed by atoms with Gasteiger partial charge in [0.05, 0.1) is 0 Å². The van der Waals surface area contributed by atoms with Gasteiger partial charge in [-0.2, -0.15) is 11.8 Å². The third kappa shape index (κ3) is 4.09. The second kappa shape index (κ2) is 7.09. The van der Waals surface area contributed by atoms with E-state index < -0.39 is 5.97 Å². The van der Waals surface area contributed by atoms with E-state index in [4.69, 9.17) is 5.11 Å². The Morgan fingerprint density at radius 2 is 2.15 bits per heavy atom. The average Bonchev–Trinajstić information content (AvgIpc) is 2.46. The van der Waals surface area contributed by atoms with Crippen molar-refractivity contribution in [1.82, 2.24) is 10.3 Å². The van der Waals surface area contributed by atoms with Crippen LogP contribution in [0.5, 0.6) is 0 Å².